The molecule has 0 bridgehead atoms. The first kappa shape index (κ1) is 18.9. The highest BCUT2D eigenvalue weighted by molar-refractivity contribution is 5.81. The number of carbonyl (C=O) groups is 1. The van der Waals surface area contributed by atoms with Gasteiger partial charge in [-0.05, 0) is 30.6 Å². The summed E-state index contributed by atoms with van der Waals surface area (Å²) in [6.07, 6.45) is 2.09. The number of rotatable bonds is 9. The summed E-state index contributed by atoms with van der Waals surface area (Å²) in [5.74, 6) is -0.0364. The Morgan fingerprint density at radius 2 is 2.21 bits per heavy atom. The fourth-order valence-corrected chi connectivity index (χ4v) is 2.86. The van der Waals surface area contributed by atoms with Gasteiger partial charge in [-0.3, -0.25) is 9.69 Å². The summed E-state index contributed by atoms with van der Waals surface area (Å²) in [5.41, 5.74) is 2.44. The summed E-state index contributed by atoms with van der Waals surface area (Å²) in [6.45, 7) is 10.2. The standard InChI is InChI=1S/C19H31N3O2/c1-3-5-10-22(4-2)15-17-8-6-7-16(12-17)13-21-19(23)18-14-20-9-11-24-18/h6-8,12,18,20H,3-5,9-11,13-15H2,1-2H3,(H,21,23). The quantitative estimate of drug-likeness (QED) is 0.725. The molecule has 1 aliphatic heterocycles. The van der Waals surface area contributed by atoms with E-state index in [1.54, 1.807) is 0 Å². The Balaban J connectivity index is 1.84. The molecule has 5 nitrogen and oxygen atoms in total. The number of amides is 1. The molecule has 1 amide bonds. The third kappa shape index (κ3) is 6.23. The number of unbranched alkanes of at least 4 members (excludes halogenated alkanes) is 1. The van der Waals surface area contributed by atoms with Crippen LogP contribution in [0, 0.1) is 0 Å². The molecule has 0 saturated carbocycles. The second-order valence-corrected chi connectivity index (χ2v) is 6.32. The summed E-state index contributed by atoms with van der Waals surface area (Å²) in [7, 11) is 0. The smallest absolute Gasteiger partial charge is 0.250 e. The second-order valence-electron chi connectivity index (χ2n) is 6.32. The van der Waals surface area contributed by atoms with Crippen molar-refractivity contribution in [2.45, 2.75) is 45.9 Å². The number of morpholine rings is 1. The Labute approximate surface area is 145 Å². The topological polar surface area (TPSA) is 53.6 Å². The molecule has 1 aromatic rings. The molecule has 1 saturated heterocycles. The van der Waals surface area contributed by atoms with E-state index in [0.717, 1.165) is 31.7 Å². The van der Waals surface area contributed by atoms with Crippen LogP contribution in [-0.2, 0) is 22.6 Å². The van der Waals surface area contributed by atoms with E-state index in [9.17, 15) is 4.79 Å². The predicted octanol–water partition coefficient (Wildman–Crippen LogP) is 1.91. The van der Waals surface area contributed by atoms with Gasteiger partial charge in [-0.15, -0.1) is 0 Å². The van der Waals surface area contributed by atoms with E-state index < -0.39 is 0 Å². The first-order valence-corrected chi connectivity index (χ1v) is 9.13. The van der Waals surface area contributed by atoms with E-state index in [-0.39, 0.29) is 12.0 Å². The number of carbonyl (C=O) groups excluding carboxylic acids is 1. The molecular weight excluding hydrogens is 302 g/mol. The van der Waals surface area contributed by atoms with Crippen molar-refractivity contribution in [2.24, 2.45) is 0 Å². The van der Waals surface area contributed by atoms with Crippen molar-refractivity contribution in [1.82, 2.24) is 15.5 Å². The number of benzene rings is 1. The lowest BCUT2D eigenvalue weighted by Crippen LogP contribution is -2.47. The number of nitrogens with one attached hydrogen (secondary N) is 2. The van der Waals surface area contributed by atoms with Crippen LogP contribution in [0.1, 0.15) is 37.8 Å². The molecule has 1 heterocycles. The van der Waals surface area contributed by atoms with Crippen LogP contribution in [-0.4, -0.2) is 49.7 Å². The van der Waals surface area contributed by atoms with Crippen LogP contribution in [0.4, 0.5) is 0 Å². The van der Waals surface area contributed by atoms with Crippen LogP contribution >= 0.6 is 0 Å². The third-order valence-electron chi connectivity index (χ3n) is 4.36. The van der Waals surface area contributed by atoms with Crippen molar-refractivity contribution >= 4 is 5.91 Å². The molecular formula is C19H31N3O2. The minimum absolute atomic E-state index is 0.0364. The number of ether oxygens (including phenoxy) is 1. The number of hydrogen-bond acceptors (Lipinski definition) is 4. The average molecular weight is 333 g/mol. The van der Waals surface area contributed by atoms with Gasteiger partial charge in [-0.2, -0.15) is 0 Å². The predicted molar refractivity (Wildman–Crippen MR) is 96.8 cm³/mol. The van der Waals surface area contributed by atoms with Gasteiger partial charge >= 0.3 is 0 Å². The molecule has 2 N–H and O–H groups in total. The molecule has 1 fully saturated rings. The van der Waals surface area contributed by atoms with Gasteiger partial charge in [0.1, 0.15) is 6.10 Å². The zero-order valence-corrected chi connectivity index (χ0v) is 15.0. The lowest BCUT2D eigenvalue weighted by Gasteiger charge is -2.23. The average Bonchev–Trinajstić information content (AvgIpc) is 2.64. The molecule has 134 valence electrons. The Hall–Kier alpha value is -1.43. The van der Waals surface area contributed by atoms with E-state index in [1.165, 1.54) is 18.4 Å². The summed E-state index contributed by atoms with van der Waals surface area (Å²) < 4.78 is 5.48. The van der Waals surface area contributed by atoms with E-state index in [2.05, 4.69) is 53.6 Å². The lowest BCUT2D eigenvalue weighted by atomic mass is 10.1. The van der Waals surface area contributed by atoms with Crippen LogP contribution in [0.5, 0.6) is 0 Å². The molecule has 0 radical (unpaired) electrons. The highest BCUT2D eigenvalue weighted by Crippen LogP contribution is 2.10. The van der Waals surface area contributed by atoms with Gasteiger partial charge in [0.2, 0.25) is 0 Å². The van der Waals surface area contributed by atoms with Gasteiger partial charge in [-0.1, -0.05) is 44.5 Å². The van der Waals surface area contributed by atoms with Gasteiger partial charge in [0.15, 0.2) is 0 Å². The zero-order valence-electron chi connectivity index (χ0n) is 15.0. The van der Waals surface area contributed by atoms with Crippen LogP contribution in [0.2, 0.25) is 0 Å². The van der Waals surface area contributed by atoms with Crippen molar-refractivity contribution < 1.29 is 9.53 Å². The van der Waals surface area contributed by atoms with E-state index in [1.807, 2.05) is 0 Å². The van der Waals surface area contributed by atoms with Crippen LogP contribution in [0.3, 0.4) is 0 Å². The van der Waals surface area contributed by atoms with Gasteiger partial charge in [0.05, 0.1) is 6.61 Å². The van der Waals surface area contributed by atoms with E-state index in [4.69, 9.17) is 4.74 Å². The summed E-state index contributed by atoms with van der Waals surface area (Å²) in [6, 6.07) is 8.48. The molecule has 1 aromatic carbocycles. The van der Waals surface area contributed by atoms with Crippen molar-refractivity contribution in [3.63, 3.8) is 0 Å². The molecule has 24 heavy (non-hydrogen) atoms. The SMILES string of the molecule is CCCCN(CC)Cc1cccc(CNC(=O)C2CNCCO2)c1. The van der Waals surface area contributed by atoms with Crippen molar-refractivity contribution in [3.05, 3.63) is 35.4 Å². The molecule has 0 aromatic heterocycles. The zero-order chi connectivity index (χ0) is 17.2. The third-order valence-corrected chi connectivity index (χ3v) is 4.36. The fourth-order valence-electron chi connectivity index (χ4n) is 2.86. The summed E-state index contributed by atoms with van der Waals surface area (Å²) in [5, 5.41) is 6.16. The minimum Gasteiger partial charge on any atom is -0.366 e. The summed E-state index contributed by atoms with van der Waals surface area (Å²) >= 11 is 0. The molecule has 0 aliphatic carbocycles. The monoisotopic (exact) mass is 333 g/mol. The molecule has 2 rings (SSSR count). The molecule has 1 unspecified atom stereocenters. The highest BCUT2D eigenvalue weighted by atomic mass is 16.5. The lowest BCUT2D eigenvalue weighted by molar-refractivity contribution is -0.134. The van der Waals surface area contributed by atoms with Gasteiger partial charge in [0, 0.05) is 26.2 Å². The van der Waals surface area contributed by atoms with Crippen molar-refractivity contribution in [2.75, 3.05) is 32.8 Å². The fraction of sp³-hybridized carbons (Fsp3) is 0.632. The molecule has 0 spiro atoms. The van der Waals surface area contributed by atoms with E-state index >= 15 is 0 Å². The maximum absolute atomic E-state index is 12.1. The first-order chi connectivity index (χ1) is 11.7. The Morgan fingerprint density at radius 3 is 2.92 bits per heavy atom. The van der Waals surface area contributed by atoms with Crippen LogP contribution in [0.15, 0.2) is 24.3 Å². The van der Waals surface area contributed by atoms with Gasteiger partial charge in [0.25, 0.3) is 5.91 Å². The molecule has 1 atom stereocenters. The Kier molecular flexibility index (Phi) is 8.22. The number of hydrogen-bond donors (Lipinski definition) is 2. The van der Waals surface area contributed by atoms with E-state index in [0.29, 0.717) is 19.7 Å². The minimum atomic E-state index is -0.369. The van der Waals surface area contributed by atoms with Crippen molar-refractivity contribution in [1.29, 1.82) is 0 Å². The van der Waals surface area contributed by atoms with Crippen LogP contribution < -0.4 is 10.6 Å². The van der Waals surface area contributed by atoms with Gasteiger partial charge in [-0.25, -0.2) is 0 Å². The molecule has 5 heteroatoms. The summed E-state index contributed by atoms with van der Waals surface area (Å²) in [4.78, 5) is 14.6. The molecule has 1 aliphatic rings. The first-order valence-electron chi connectivity index (χ1n) is 9.13. The maximum Gasteiger partial charge on any atom is 0.250 e. The Bertz CT molecular complexity index is 501. The highest BCUT2D eigenvalue weighted by Gasteiger charge is 2.21. The number of nitrogens with zero attached hydrogens (tertiary/aromatic N) is 1. The van der Waals surface area contributed by atoms with Crippen LogP contribution in [0.25, 0.3) is 0 Å². The van der Waals surface area contributed by atoms with Gasteiger partial charge < -0.3 is 15.4 Å². The second kappa shape index (κ2) is 10.4. The normalized spacial score (nSPS) is 17.9. The maximum atomic E-state index is 12.1. The Morgan fingerprint density at radius 1 is 1.38 bits per heavy atom. The van der Waals surface area contributed by atoms with Crippen molar-refractivity contribution in [3.8, 4) is 0 Å². The largest absolute Gasteiger partial charge is 0.366 e.